The van der Waals surface area contributed by atoms with Crippen molar-refractivity contribution in [3.8, 4) is 5.88 Å². The van der Waals surface area contributed by atoms with Crippen LogP contribution in [-0.2, 0) is 14.9 Å². The molecule has 0 fully saturated rings. The van der Waals surface area contributed by atoms with Crippen LogP contribution in [0.2, 0.25) is 0 Å². The predicted octanol–water partition coefficient (Wildman–Crippen LogP) is 3.62. The van der Waals surface area contributed by atoms with E-state index in [1.165, 1.54) is 43.5 Å². The lowest BCUT2D eigenvalue weighted by Gasteiger charge is -2.31. The van der Waals surface area contributed by atoms with Crippen LogP contribution in [0.15, 0.2) is 36.4 Å². The minimum absolute atomic E-state index is 0.0366. The number of methoxy groups -OCH3 is 2. The molecule has 1 aromatic carbocycles. The van der Waals surface area contributed by atoms with Gasteiger partial charge in [-0.05, 0) is 18.9 Å². The molecule has 2 rings (SSSR count). The predicted molar refractivity (Wildman–Crippen MR) is 96.6 cm³/mol. The van der Waals surface area contributed by atoms with Gasteiger partial charge in [0, 0.05) is 23.6 Å². The van der Waals surface area contributed by atoms with Gasteiger partial charge in [-0.15, -0.1) is 11.6 Å². The van der Waals surface area contributed by atoms with Crippen molar-refractivity contribution in [2.24, 2.45) is 0 Å². The number of hydrogen-bond donors (Lipinski definition) is 0. The Morgan fingerprint density at radius 1 is 1.30 bits per heavy atom. The van der Waals surface area contributed by atoms with E-state index < -0.39 is 27.8 Å². The number of halogens is 2. The lowest BCUT2D eigenvalue weighted by atomic mass is 9.72. The van der Waals surface area contributed by atoms with Crippen LogP contribution in [0, 0.1) is 15.9 Å². The molecular weight excluding hydrogens is 379 g/mol. The number of benzene rings is 1. The fourth-order valence-electron chi connectivity index (χ4n) is 3.01. The van der Waals surface area contributed by atoms with Crippen molar-refractivity contribution in [3.05, 3.63) is 63.6 Å². The summed E-state index contributed by atoms with van der Waals surface area (Å²) in [6.07, 6.45) is 0.228. The molecule has 1 atom stereocenters. The van der Waals surface area contributed by atoms with Crippen LogP contribution in [0.1, 0.15) is 24.1 Å². The van der Waals surface area contributed by atoms with E-state index in [-0.39, 0.29) is 35.9 Å². The van der Waals surface area contributed by atoms with E-state index in [0.717, 1.165) is 7.11 Å². The third kappa shape index (κ3) is 3.85. The van der Waals surface area contributed by atoms with Crippen LogP contribution in [0.3, 0.4) is 0 Å². The van der Waals surface area contributed by atoms with Gasteiger partial charge in [-0.2, -0.15) is 0 Å². The first-order chi connectivity index (χ1) is 12.9. The first-order valence-corrected chi connectivity index (χ1v) is 8.55. The van der Waals surface area contributed by atoms with Crippen molar-refractivity contribution in [2.75, 3.05) is 20.1 Å². The molecule has 0 spiro atoms. The molecule has 0 amide bonds. The monoisotopic (exact) mass is 396 g/mol. The molecule has 0 N–H and O–H groups in total. The second kappa shape index (κ2) is 8.77. The van der Waals surface area contributed by atoms with Gasteiger partial charge in [0.05, 0.1) is 19.1 Å². The molecule has 0 bridgehead atoms. The standard InChI is InChI=1S/C18H18ClFN2O5/c1-26-15-9-8-14(22(24)25)16(21-15)18(10-5-11-19,17(23)27-2)12-6-3-4-7-13(12)20/h3-4,6-9H,5,10-11H2,1-2H3. The minimum atomic E-state index is -1.86. The Balaban J connectivity index is 2.93. The van der Waals surface area contributed by atoms with E-state index in [1.807, 2.05) is 0 Å². The van der Waals surface area contributed by atoms with Gasteiger partial charge in [0.25, 0.3) is 5.69 Å². The lowest BCUT2D eigenvalue weighted by Crippen LogP contribution is -2.40. The summed E-state index contributed by atoms with van der Waals surface area (Å²) in [6.45, 7) is 0. The molecule has 0 radical (unpaired) electrons. The van der Waals surface area contributed by atoms with Crippen molar-refractivity contribution in [1.29, 1.82) is 0 Å². The van der Waals surface area contributed by atoms with Gasteiger partial charge in [-0.1, -0.05) is 18.2 Å². The SMILES string of the molecule is COC(=O)C(CCCCl)(c1ccccc1F)c1nc(OC)ccc1[N+](=O)[O-]. The molecule has 0 saturated heterocycles. The zero-order valence-corrected chi connectivity index (χ0v) is 15.5. The number of nitro groups is 1. The van der Waals surface area contributed by atoms with E-state index in [9.17, 15) is 19.3 Å². The molecule has 0 aliphatic rings. The second-order valence-corrected chi connectivity index (χ2v) is 6.03. The van der Waals surface area contributed by atoms with Gasteiger partial charge in [0.1, 0.15) is 16.9 Å². The number of alkyl halides is 1. The summed E-state index contributed by atoms with van der Waals surface area (Å²) in [5.41, 5.74) is -2.63. The number of esters is 1. The fourth-order valence-corrected chi connectivity index (χ4v) is 3.15. The van der Waals surface area contributed by atoms with Gasteiger partial charge < -0.3 is 9.47 Å². The van der Waals surface area contributed by atoms with Gasteiger partial charge >= 0.3 is 5.97 Å². The molecule has 0 saturated carbocycles. The molecule has 27 heavy (non-hydrogen) atoms. The highest BCUT2D eigenvalue weighted by atomic mass is 35.5. The van der Waals surface area contributed by atoms with Crippen LogP contribution in [0.4, 0.5) is 10.1 Å². The maximum atomic E-state index is 14.7. The highest BCUT2D eigenvalue weighted by Gasteiger charge is 2.50. The summed E-state index contributed by atoms with van der Waals surface area (Å²) in [6, 6.07) is 8.00. The minimum Gasteiger partial charge on any atom is -0.481 e. The van der Waals surface area contributed by atoms with E-state index in [4.69, 9.17) is 21.1 Å². The Kier molecular flexibility index (Phi) is 6.68. The Bertz CT molecular complexity index is 848. The number of ether oxygens (including phenoxy) is 2. The number of pyridine rings is 1. The van der Waals surface area contributed by atoms with Crippen molar-refractivity contribution >= 4 is 23.3 Å². The van der Waals surface area contributed by atoms with E-state index in [1.54, 1.807) is 0 Å². The Labute approximate surface area is 160 Å². The number of carbonyl (C=O) groups excluding carboxylic acids is 1. The summed E-state index contributed by atoms with van der Waals surface area (Å²) in [4.78, 5) is 28.0. The smallest absolute Gasteiger partial charge is 0.322 e. The first-order valence-electron chi connectivity index (χ1n) is 8.01. The van der Waals surface area contributed by atoms with Crippen molar-refractivity contribution in [1.82, 2.24) is 4.98 Å². The van der Waals surface area contributed by atoms with Gasteiger partial charge in [0.2, 0.25) is 5.88 Å². The number of nitrogens with zero attached hydrogens (tertiary/aromatic N) is 2. The molecule has 0 aliphatic heterocycles. The summed E-state index contributed by atoms with van der Waals surface area (Å²) < 4.78 is 24.7. The summed E-state index contributed by atoms with van der Waals surface area (Å²) in [5.74, 6) is -1.38. The molecule has 144 valence electrons. The van der Waals surface area contributed by atoms with E-state index in [0.29, 0.717) is 0 Å². The number of rotatable bonds is 8. The third-order valence-corrected chi connectivity index (χ3v) is 4.48. The summed E-state index contributed by atoms with van der Waals surface area (Å²) in [7, 11) is 2.46. The fraction of sp³-hybridized carbons (Fsp3) is 0.333. The molecule has 0 aliphatic carbocycles. The van der Waals surface area contributed by atoms with Gasteiger partial charge in [-0.25, -0.2) is 9.37 Å². The summed E-state index contributed by atoms with van der Waals surface area (Å²) >= 11 is 5.81. The lowest BCUT2D eigenvalue weighted by molar-refractivity contribution is -0.386. The Hall–Kier alpha value is -2.74. The number of carbonyl (C=O) groups is 1. The van der Waals surface area contributed by atoms with Crippen LogP contribution in [0.5, 0.6) is 5.88 Å². The van der Waals surface area contributed by atoms with Gasteiger partial charge in [0.15, 0.2) is 0 Å². The molecule has 1 heterocycles. The third-order valence-electron chi connectivity index (χ3n) is 4.21. The largest absolute Gasteiger partial charge is 0.481 e. The van der Waals surface area contributed by atoms with Crippen molar-refractivity contribution < 1.29 is 23.6 Å². The highest BCUT2D eigenvalue weighted by molar-refractivity contribution is 6.17. The first kappa shape index (κ1) is 20.6. The maximum absolute atomic E-state index is 14.7. The average Bonchev–Trinajstić information content (AvgIpc) is 2.68. The molecule has 1 aromatic heterocycles. The Morgan fingerprint density at radius 3 is 2.56 bits per heavy atom. The number of hydrogen-bond acceptors (Lipinski definition) is 6. The van der Waals surface area contributed by atoms with Gasteiger partial charge in [-0.3, -0.25) is 14.9 Å². The Morgan fingerprint density at radius 2 is 2.00 bits per heavy atom. The molecular formula is C18H18ClFN2O5. The molecule has 2 aromatic rings. The maximum Gasteiger partial charge on any atom is 0.322 e. The summed E-state index contributed by atoms with van der Waals surface area (Å²) in [5, 5.41) is 11.6. The van der Waals surface area contributed by atoms with E-state index in [2.05, 4.69) is 4.98 Å². The zero-order chi connectivity index (χ0) is 20.0. The van der Waals surface area contributed by atoms with Crippen molar-refractivity contribution in [2.45, 2.75) is 18.3 Å². The van der Waals surface area contributed by atoms with Crippen LogP contribution in [0.25, 0.3) is 0 Å². The van der Waals surface area contributed by atoms with Crippen LogP contribution in [-0.4, -0.2) is 36.0 Å². The second-order valence-electron chi connectivity index (χ2n) is 5.65. The number of aromatic nitrogens is 1. The van der Waals surface area contributed by atoms with Crippen molar-refractivity contribution in [3.63, 3.8) is 0 Å². The topological polar surface area (TPSA) is 91.6 Å². The molecule has 1 unspecified atom stereocenters. The quantitative estimate of drug-likeness (QED) is 0.293. The highest BCUT2D eigenvalue weighted by Crippen LogP contribution is 2.43. The zero-order valence-electron chi connectivity index (χ0n) is 14.8. The normalized spacial score (nSPS) is 12.9. The molecule has 9 heteroatoms. The molecule has 7 nitrogen and oxygen atoms in total. The van der Waals surface area contributed by atoms with Crippen LogP contribution >= 0.6 is 11.6 Å². The van der Waals surface area contributed by atoms with Crippen LogP contribution < -0.4 is 4.74 Å². The van der Waals surface area contributed by atoms with E-state index >= 15 is 0 Å². The average molecular weight is 397 g/mol.